The van der Waals surface area contributed by atoms with Gasteiger partial charge in [-0.3, -0.25) is 4.79 Å². The van der Waals surface area contributed by atoms with Gasteiger partial charge in [0.05, 0.1) is 4.90 Å². The van der Waals surface area contributed by atoms with E-state index in [0.717, 1.165) is 11.1 Å². The molecule has 0 bridgehead atoms. The van der Waals surface area contributed by atoms with Crippen LogP contribution in [0.15, 0.2) is 109 Å². The van der Waals surface area contributed by atoms with Crippen molar-refractivity contribution in [2.45, 2.75) is 17.9 Å². The van der Waals surface area contributed by atoms with Gasteiger partial charge in [0.25, 0.3) is 5.91 Å². The number of nitrogens with one attached hydrogen (secondary N) is 1. The van der Waals surface area contributed by atoms with Crippen molar-refractivity contribution < 1.29 is 17.9 Å². The van der Waals surface area contributed by atoms with Gasteiger partial charge in [0.1, 0.15) is 5.75 Å². The van der Waals surface area contributed by atoms with Crippen molar-refractivity contribution >= 4 is 21.6 Å². The van der Waals surface area contributed by atoms with E-state index in [1.54, 1.807) is 19.1 Å². The number of nitrogens with zero attached hydrogens (tertiary/aromatic N) is 1. The first-order chi connectivity index (χ1) is 16.3. The average Bonchev–Trinajstić information content (AvgIpc) is 2.85. The summed E-state index contributed by atoms with van der Waals surface area (Å²) in [6.07, 6.45) is 2.29. The molecule has 0 aliphatic rings. The summed E-state index contributed by atoms with van der Waals surface area (Å²) < 4.78 is 32.6. The van der Waals surface area contributed by atoms with E-state index in [9.17, 15) is 13.2 Å². The fourth-order valence-electron chi connectivity index (χ4n) is 3.28. The van der Waals surface area contributed by atoms with E-state index in [4.69, 9.17) is 4.74 Å². The summed E-state index contributed by atoms with van der Waals surface area (Å²) in [7, 11) is -3.70. The predicted octanol–water partition coefficient (Wildman–Crippen LogP) is 5.12. The number of benzene rings is 3. The number of amides is 1. The molecular formula is C27H28N2O4S. The molecule has 0 aliphatic carbocycles. The number of carbonyl (C=O) groups excluding carboxylic acids is 1. The number of rotatable bonds is 11. The van der Waals surface area contributed by atoms with Gasteiger partial charge < -0.3 is 10.1 Å². The third kappa shape index (κ3) is 6.21. The van der Waals surface area contributed by atoms with Crippen molar-refractivity contribution in [3.05, 3.63) is 104 Å². The Labute approximate surface area is 201 Å². The summed E-state index contributed by atoms with van der Waals surface area (Å²) in [5.41, 5.74) is 2.63. The molecule has 7 heteroatoms. The summed E-state index contributed by atoms with van der Waals surface area (Å²) in [5, 5.41) is 2.75. The van der Waals surface area contributed by atoms with E-state index in [-0.39, 0.29) is 23.9 Å². The maximum atomic E-state index is 12.8. The maximum Gasteiger partial charge on any atom is 0.265 e. The molecule has 1 atom stereocenters. The Hall–Kier alpha value is -3.68. The van der Waals surface area contributed by atoms with Crippen molar-refractivity contribution in [1.82, 2.24) is 4.31 Å². The SMILES string of the molecule is C=CCN(CC=C)S(=O)(=O)c1ccc(NC(=O)C(C)Oc2ccc(-c3ccccc3)cc2)cc1. The topological polar surface area (TPSA) is 75.7 Å². The number of anilines is 1. The molecule has 1 unspecified atom stereocenters. The Balaban J connectivity index is 1.62. The molecule has 0 aromatic heterocycles. The standard InChI is InChI=1S/C27H28N2O4S/c1-4-19-29(20-5-2)34(31,32)26-17-13-24(14-18-26)28-27(30)21(3)33-25-15-11-23(12-16-25)22-9-7-6-8-10-22/h4-18,21H,1-2,19-20H2,3H3,(H,28,30). The molecule has 0 heterocycles. The van der Waals surface area contributed by atoms with E-state index in [1.165, 1.54) is 28.6 Å². The van der Waals surface area contributed by atoms with E-state index >= 15 is 0 Å². The van der Waals surface area contributed by atoms with Gasteiger partial charge in [-0.05, 0) is 54.4 Å². The molecule has 0 radical (unpaired) electrons. The van der Waals surface area contributed by atoms with Crippen LogP contribution in [0.1, 0.15) is 6.92 Å². The van der Waals surface area contributed by atoms with Crippen molar-refractivity contribution in [3.8, 4) is 16.9 Å². The zero-order chi connectivity index (χ0) is 24.6. The third-order valence-corrected chi connectivity index (χ3v) is 6.91. The number of ether oxygens (including phenoxy) is 1. The van der Waals surface area contributed by atoms with Gasteiger partial charge in [0.2, 0.25) is 10.0 Å². The monoisotopic (exact) mass is 476 g/mol. The molecule has 6 nitrogen and oxygen atoms in total. The van der Waals surface area contributed by atoms with Crippen molar-refractivity contribution in [2.75, 3.05) is 18.4 Å². The van der Waals surface area contributed by atoms with Crippen LogP contribution in [-0.2, 0) is 14.8 Å². The van der Waals surface area contributed by atoms with E-state index in [1.807, 2.05) is 54.6 Å². The fourth-order valence-corrected chi connectivity index (χ4v) is 4.66. The highest BCUT2D eigenvalue weighted by atomic mass is 32.2. The molecule has 3 aromatic carbocycles. The lowest BCUT2D eigenvalue weighted by Crippen LogP contribution is -2.31. The maximum absolute atomic E-state index is 12.8. The zero-order valence-electron chi connectivity index (χ0n) is 19.1. The molecule has 3 aromatic rings. The number of hydrogen-bond donors (Lipinski definition) is 1. The molecule has 1 N–H and O–H groups in total. The van der Waals surface area contributed by atoms with Crippen LogP contribution in [-0.4, -0.2) is 37.8 Å². The van der Waals surface area contributed by atoms with E-state index in [2.05, 4.69) is 18.5 Å². The highest BCUT2D eigenvalue weighted by Gasteiger charge is 2.22. The lowest BCUT2D eigenvalue weighted by atomic mass is 10.1. The van der Waals surface area contributed by atoms with Gasteiger partial charge in [-0.25, -0.2) is 8.42 Å². The number of hydrogen-bond acceptors (Lipinski definition) is 4. The van der Waals surface area contributed by atoms with Gasteiger partial charge in [-0.1, -0.05) is 54.6 Å². The third-order valence-electron chi connectivity index (χ3n) is 5.07. The van der Waals surface area contributed by atoms with Crippen LogP contribution >= 0.6 is 0 Å². The van der Waals surface area contributed by atoms with Gasteiger partial charge >= 0.3 is 0 Å². The second-order valence-corrected chi connectivity index (χ2v) is 9.50. The molecule has 0 saturated heterocycles. The molecule has 0 spiro atoms. The van der Waals surface area contributed by atoms with Crippen LogP contribution in [0.5, 0.6) is 5.75 Å². The zero-order valence-corrected chi connectivity index (χ0v) is 19.9. The van der Waals surface area contributed by atoms with E-state index < -0.39 is 16.1 Å². The molecule has 0 aliphatic heterocycles. The highest BCUT2D eigenvalue weighted by Crippen LogP contribution is 2.23. The van der Waals surface area contributed by atoms with Crippen LogP contribution in [0, 0.1) is 0 Å². The van der Waals surface area contributed by atoms with Gasteiger partial charge in [0.15, 0.2) is 6.10 Å². The van der Waals surface area contributed by atoms with Crippen LogP contribution in [0.25, 0.3) is 11.1 Å². The van der Waals surface area contributed by atoms with Gasteiger partial charge in [-0.2, -0.15) is 4.31 Å². The summed E-state index contributed by atoms with van der Waals surface area (Å²) in [6, 6.07) is 23.5. The Morgan fingerprint density at radius 1 is 0.912 bits per heavy atom. The minimum atomic E-state index is -3.70. The Bertz CT molecular complexity index is 1210. The number of carbonyl (C=O) groups is 1. The van der Waals surface area contributed by atoms with Gasteiger partial charge in [0, 0.05) is 18.8 Å². The van der Waals surface area contributed by atoms with E-state index in [0.29, 0.717) is 11.4 Å². The second-order valence-electron chi connectivity index (χ2n) is 7.56. The van der Waals surface area contributed by atoms with Crippen molar-refractivity contribution in [2.24, 2.45) is 0 Å². The van der Waals surface area contributed by atoms with Crippen LogP contribution < -0.4 is 10.1 Å². The Morgan fingerprint density at radius 3 is 2.03 bits per heavy atom. The van der Waals surface area contributed by atoms with Crippen LogP contribution in [0.3, 0.4) is 0 Å². The first-order valence-electron chi connectivity index (χ1n) is 10.8. The summed E-state index contributed by atoms with van der Waals surface area (Å²) in [6.45, 7) is 9.21. The quantitative estimate of drug-likeness (QED) is 0.390. The molecule has 176 valence electrons. The Kier molecular flexibility index (Phi) is 8.40. The Morgan fingerprint density at radius 2 is 1.47 bits per heavy atom. The lowest BCUT2D eigenvalue weighted by Gasteiger charge is -2.19. The summed E-state index contributed by atoms with van der Waals surface area (Å²) in [5.74, 6) is 0.232. The van der Waals surface area contributed by atoms with Gasteiger partial charge in [-0.15, -0.1) is 13.2 Å². The molecular weight excluding hydrogens is 448 g/mol. The first kappa shape index (κ1) is 25.0. The predicted molar refractivity (Wildman–Crippen MR) is 136 cm³/mol. The fraction of sp³-hybridized carbons (Fsp3) is 0.148. The molecule has 34 heavy (non-hydrogen) atoms. The summed E-state index contributed by atoms with van der Waals surface area (Å²) in [4.78, 5) is 12.7. The average molecular weight is 477 g/mol. The minimum Gasteiger partial charge on any atom is -0.481 e. The number of sulfonamides is 1. The van der Waals surface area contributed by atoms with Crippen LogP contribution in [0.4, 0.5) is 5.69 Å². The molecule has 0 saturated carbocycles. The minimum absolute atomic E-state index is 0.122. The largest absolute Gasteiger partial charge is 0.481 e. The smallest absolute Gasteiger partial charge is 0.265 e. The normalized spacial score (nSPS) is 12.1. The molecule has 0 fully saturated rings. The lowest BCUT2D eigenvalue weighted by molar-refractivity contribution is -0.122. The molecule has 3 rings (SSSR count). The first-order valence-corrected chi connectivity index (χ1v) is 12.2. The van der Waals surface area contributed by atoms with Crippen molar-refractivity contribution in [1.29, 1.82) is 0 Å². The summed E-state index contributed by atoms with van der Waals surface area (Å²) >= 11 is 0. The van der Waals surface area contributed by atoms with Crippen LogP contribution in [0.2, 0.25) is 0 Å². The van der Waals surface area contributed by atoms with Crippen molar-refractivity contribution in [3.63, 3.8) is 0 Å². The molecule has 1 amide bonds. The second kappa shape index (κ2) is 11.4. The highest BCUT2D eigenvalue weighted by molar-refractivity contribution is 7.89.